The predicted molar refractivity (Wildman–Crippen MR) is 215 cm³/mol. The zero-order valence-corrected chi connectivity index (χ0v) is 29.4. The first-order valence-corrected chi connectivity index (χ1v) is 19.6. The molecule has 1 aliphatic heterocycles. The van der Waals surface area contributed by atoms with E-state index in [-0.39, 0.29) is 0 Å². The molecule has 2 aromatic rings. The molecule has 7 atom stereocenters. The highest BCUT2D eigenvalue weighted by molar-refractivity contribution is 5.79. The number of hydrogen-bond donors (Lipinski definition) is 0. The third-order valence-electron chi connectivity index (χ3n) is 12.8. The fraction of sp³-hybridized carbons (Fsp3) is 0.280. The molecular formula is C50H47N. The quantitative estimate of drug-likeness (QED) is 0.288. The molecule has 1 heterocycles. The molecule has 7 aliphatic carbocycles. The first kappa shape index (κ1) is 30.9. The second-order valence-electron chi connectivity index (χ2n) is 15.6. The van der Waals surface area contributed by atoms with Crippen LogP contribution < -0.4 is 4.90 Å². The van der Waals surface area contributed by atoms with E-state index in [1.807, 2.05) is 0 Å². The normalized spacial score (nSPS) is 31.4. The summed E-state index contributed by atoms with van der Waals surface area (Å²) >= 11 is 0. The molecule has 7 unspecified atom stereocenters. The van der Waals surface area contributed by atoms with Crippen LogP contribution in [0, 0.1) is 29.6 Å². The van der Waals surface area contributed by atoms with E-state index >= 15 is 0 Å². The third-order valence-corrected chi connectivity index (χ3v) is 12.8. The molecule has 0 spiro atoms. The fourth-order valence-corrected chi connectivity index (χ4v) is 10.4. The Bertz CT molecular complexity index is 2110. The number of allylic oxidation sites excluding steroid dienone is 23. The molecule has 0 aromatic heterocycles. The van der Waals surface area contributed by atoms with Crippen molar-refractivity contribution in [2.24, 2.45) is 29.6 Å². The van der Waals surface area contributed by atoms with E-state index in [1.165, 1.54) is 39.2 Å². The van der Waals surface area contributed by atoms with Crippen LogP contribution in [0.15, 0.2) is 186 Å². The van der Waals surface area contributed by atoms with Crippen molar-refractivity contribution >= 4 is 16.9 Å². The van der Waals surface area contributed by atoms with E-state index in [2.05, 4.69) is 163 Å². The van der Waals surface area contributed by atoms with Crippen molar-refractivity contribution in [3.8, 4) is 0 Å². The molecule has 8 aliphatic rings. The SMILES string of the molecule is C1=CCC(C2C=C(C3=CC(C4=CC5C=CC6C(c7ccccc7N6c6ccc(C7=CCCC=C7)cc6)C5C5=C4CCC=C5)CC=C3)C=CC2)C=C1. The Morgan fingerprint density at radius 3 is 2.27 bits per heavy atom. The molecule has 2 aromatic carbocycles. The molecule has 0 amide bonds. The second-order valence-corrected chi connectivity index (χ2v) is 15.6. The Balaban J connectivity index is 0.990. The number of anilines is 2. The van der Waals surface area contributed by atoms with E-state index in [0.29, 0.717) is 41.5 Å². The van der Waals surface area contributed by atoms with Crippen LogP contribution >= 0.6 is 0 Å². The number of hydrogen-bond acceptors (Lipinski definition) is 1. The lowest BCUT2D eigenvalue weighted by molar-refractivity contribution is 0.384. The molecule has 0 N–H and O–H groups in total. The van der Waals surface area contributed by atoms with Gasteiger partial charge in [-0.15, -0.1) is 0 Å². The molecule has 1 heteroatoms. The maximum Gasteiger partial charge on any atom is 0.0598 e. The first-order valence-electron chi connectivity index (χ1n) is 19.6. The average molecular weight is 662 g/mol. The Morgan fingerprint density at radius 2 is 1.41 bits per heavy atom. The Labute approximate surface area is 304 Å². The highest BCUT2D eigenvalue weighted by Crippen LogP contribution is 2.58. The molecule has 0 radical (unpaired) electrons. The van der Waals surface area contributed by atoms with Gasteiger partial charge in [0.05, 0.1) is 6.04 Å². The lowest BCUT2D eigenvalue weighted by atomic mass is 9.61. The van der Waals surface area contributed by atoms with Gasteiger partial charge in [-0.1, -0.05) is 140 Å². The molecule has 0 saturated heterocycles. The molecule has 0 bridgehead atoms. The van der Waals surface area contributed by atoms with Gasteiger partial charge in [-0.2, -0.15) is 0 Å². The summed E-state index contributed by atoms with van der Waals surface area (Å²) in [7, 11) is 0. The smallest absolute Gasteiger partial charge is 0.0598 e. The summed E-state index contributed by atoms with van der Waals surface area (Å²) in [6.07, 6.45) is 51.6. The fourth-order valence-electron chi connectivity index (χ4n) is 10.4. The first-order chi connectivity index (χ1) is 25.3. The maximum atomic E-state index is 2.70. The van der Waals surface area contributed by atoms with Crippen LogP contribution in [-0.2, 0) is 0 Å². The summed E-state index contributed by atoms with van der Waals surface area (Å²) in [4.78, 5) is 2.63. The predicted octanol–water partition coefficient (Wildman–Crippen LogP) is 12.5. The van der Waals surface area contributed by atoms with Crippen LogP contribution in [0.25, 0.3) is 5.57 Å². The Morgan fingerprint density at radius 1 is 0.588 bits per heavy atom. The summed E-state index contributed by atoms with van der Waals surface area (Å²) in [5.41, 5.74) is 14.5. The van der Waals surface area contributed by atoms with Crippen molar-refractivity contribution < 1.29 is 0 Å². The second kappa shape index (κ2) is 13.0. The van der Waals surface area contributed by atoms with E-state index in [1.54, 1.807) is 16.7 Å². The number of fused-ring (bicyclic) bond motifs is 6. The largest absolute Gasteiger partial charge is 0.334 e. The van der Waals surface area contributed by atoms with Gasteiger partial charge in [0, 0.05) is 35.0 Å². The van der Waals surface area contributed by atoms with Crippen molar-refractivity contribution in [3.63, 3.8) is 0 Å². The van der Waals surface area contributed by atoms with Gasteiger partial charge >= 0.3 is 0 Å². The van der Waals surface area contributed by atoms with Crippen LogP contribution in [-0.4, -0.2) is 6.04 Å². The minimum atomic E-state index is 0.305. The number of benzene rings is 2. The summed E-state index contributed by atoms with van der Waals surface area (Å²) in [5, 5.41) is 0. The lowest BCUT2D eigenvalue weighted by Gasteiger charge is -2.44. The van der Waals surface area contributed by atoms with Crippen molar-refractivity contribution in [2.45, 2.75) is 56.9 Å². The zero-order valence-electron chi connectivity index (χ0n) is 29.4. The molecule has 0 saturated carbocycles. The number of nitrogens with zero attached hydrogens (tertiary/aromatic N) is 1. The molecule has 51 heavy (non-hydrogen) atoms. The van der Waals surface area contributed by atoms with E-state index < -0.39 is 0 Å². The monoisotopic (exact) mass is 661 g/mol. The van der Waals surface area contributed by atoms with E-state index in [9.17, 15) is 0 Å². The van der Waals surface area contributed by atoms with Gasteiger partial charge in [0.1, 0.15) is 0 Å². The number of rotatable bonds is 5. The van der Waals surface area contributed by atoms with Gasteiger partial charge in [-0.05, 0) is 120 Å². The minimum Gasteiger partial charge on any atom is -0.334 e. The summed E-state index contributed by atoms with van der Waals surface area (Å²) in [6, 6.07) is 18.9. The summed E-state index contributed by atoms with van der Waals surface area (Å²) in [5.74, 6) is 2.86. The van der Waals surface area contributed by atoms with Gasteiger partial charge in [0.15, 0.2) is 0 Å². The Kier molecular flexibility index (Phi) is 7.89. The van der Waals surface area contributed by atoms with Crippen LogP contribution in [0.4, 0.5) is 11.4 Å². The van der Waals surface area contributed by atoms with Crippen molar-refractivity contribution in [2.75, 3.05) is 4.90 Å². The van der Waals surface area contributed by atoms with Crippen LogP contribution in [0.1, 0.15) is 62.0 Å². The Hall–Kier alpha value is -4.88. The van der Waals surface area contributed by atoms with Crippen LogP contribution in [0.5, 0.6) is 0 Å². The molecule has 252 valence electrons. The van der Waals surface area contributed by atoms with Gasteiger partial charge in [-0.25, -0.2) is 0 Å². The minimum absolute atomic E-state index is 0.305. The standard InChI is InChI=1S/C50H47N/c1-3-13-34(14-4-1)36-25-28-42(29-26-36)51-47-24-10-9-23-45(47)50-48(51)30-27-41-33-46(43-21-7-8-22-44(43)49(41)50)40-20-12-19-39(32-40)38-18-11-17-37(31-38)35-15-5-2-6-16-35/h2-3,5-6,8-15,18-19,22-33,35,37,40-41,48-50H,1,4,7,16-17,20-21H2. The van der Waals surface area contributed by atoms with Crippen molar-refractivity contribution in [1.29, 1.82) is 0 Å². The van der Waals surface area contributed by atoms with Gasteiger partial charge in [0.2, 0.25) is 0 Å². The summed E-state index contributed by atoms with van der Waals surface area (Å²) < 4.78 is 0. The van der Waals surface area contributed by atoms with Crippen molar-refractivity contribution in [3.05, 3.63) is 197 Å². The average Bonchev–Trinajstić information content (AvgIpc) is 3.56. The van der Waals surface area contributed by atoms with Crippen LogP contribution in [0.2, 0.25) is 0 Å². The number of para-hydroxylation sites is 1. The van der Waals surface area contributed by atoms with Gasteiger partial charge in [-0.3, -0.25) is 0 Å². The highest BCUT2D eigenvalue weighted by Gasteiger charge is 2.49. The lowest BCUT2D eigenvalue weighted by Crippen LogP contribution is -2.39. The highest BCUT2D eigenvalue weighted by atomic mass is 15.2. The summed E-state index contributed by atoms with van der Waals surface area (Å²) in [6.45, 7) is 0. The van der Waals surface area contributed by atoms with Gasteiger partial charge in [0.25, 0.3) is 0 Å². The molecule has 0 fully saturated rings. The maximum absolute atomic E-state index is 2.70. The van der Waals surface area contributed by atoms with E-state index in [4.69, 9.17) is 0 Å². The molecule has 1 nitrogen and oxygen atoms in total. The van der Waals surface area contributed by atoms with E-state index in [0.717, 1.165) is 44.9 Å². The molecule has 10 rings (SSSR count). The third kappa shape index (κ3) is 5.45. The molecular weight excluding hydrogens is 615 g/mol. The van der Waals surface area contributed by atoms with Crippen molar-refractivity contribution in [1.82, 2.24) is 0 Å². The zero-order chi connectivity index (χ0) is 33.7. The topological polar surface area (TPSA) is 3.24 Å². The van der Waals surface area contributed by atoms with Gasteiger partial charge < -0.3 is 4.90 Å². The van der Waals surface area contributed by atoms with Crippen LogP contribution in [0.3, 0.4) is 0 Å².